The number of carbonyl (C=O) groups is 1. The van der Waals surface area contributed by atoms with Crippen molar-refractivity contribution in [2.24, 2.45) is 0 Å². The van der Waals surface area contributed by atoms with Gasteiger partial charge in [-0.2, -0.15) is 0 Å². The van der Waals surface area contributed by atoms with E-state index in [9.17, 15) is 4.79 Å². The zero-order chi connectivity index (χ0) is 15.4. The number of nitrogens with zero attached hydrogens (tertiary/aromatic N) is 3. The smallest absolute Gasteiger partial charge is 0.360 e. The van der Waals surface area contributed by atoms with Crippen LogP contribution >= 0.6 is 0 Å². The summed E-state index contributed by atoms with van der Waals surface area (Å²) in [7, 11) is 0. The number of aryl methyl sites for hydroxylation is 1. The van der Waals surface area contributed by atoms with Gasteiger partial charge in [-0.15, -0.1) is 0 Å². The fraction of sp³-hybridized carbons (Fsp3) is 0.357. The molecule has 2 aromatic heterocycles. The SMILES string of the molecule is CCOC(=O)c1nc(C)n(-c2ccc(OCC)nc2)c1N. The molecule has 0 bridgehead atoms. The molecule has 0 amide bonds. The van der Waals surface area contributed by atoms with Gasteiger partial charge in [0.15, 0.2) is 5.69 Å². The maximum absolute atomic E-state index is 11.8. The highest BCUT2D eigenvalue weighted by atomic mass is 16.5. The Kier molecular flexibility index (Phi) is 4.42. The van der Waals surface area contributed by atoms with Crippen LogP contribution in [0.25, 0.3) is 5.69 Å². The Labute approximate surface area is 122 Å². The first-order valence-corrected chi connectivity index (χ1v) is 6.69. The summed E-state index contributed by atoms with van der Waals surface area (Å²) in [6, 6.07) is 3.54. The highest BCUT2D eigenvalue weighted by molar-refractivity contribution is 5.92. The van der Waals surface area contributed by atoms with Gasteiger partial charge in [-0.05, 0) is 26.8 Å². The lowest BCUT2D eigenvalue weighted by molar-refractivity contribution is 0.0521. The number of carbonyl (C=O) groups excluding carboxylic acids is 1. The van der Waals surface area contributed by atoms with E-state index in [-0.39, 0.29) is 18.1 Å². The van der Waals surface area contributed by atoms with E-state index in [2.05, 4.69) is 9.97 Å². The number of hydrogen-bond acceptors (Lipinski definition) is 6. The largest absolute Gasteiger partial charge is 0.478 e. The van der Waals surface area contributed by atoms with Crippen LogP contribution < -0.4 is 10.5 Å². The topological polar surface area (TPSA) is 92.3 Å². The Morgan fingerprint density at radius 1 is 1.33 bits per heavy atom. The highest BCUT2D eigenvalue weighted by Gasteiger charge is 2.20. The maximum atomic E-state index is 11.8. The molecule has 0 saturated carbocycles. The minimum atomic E-state index is -0.532. The van der Waals surface area contributed by atoms with Crippen molar-refractivity contribution in [1.29, 1.82) is 0 Å². The molecule has 0 aliphatic heterocycles. The van der Waals surface area contributed by atoms with Gasteiger partial charge in [-0.1, -0.05) is 0 Å². The molecule has 0 aromatic carbocycles. The average molecular weight is 290 g/mol. The molecule has 0 aliphatic carbocycles. The predicted octanol–water partition coefficient (Wildman–Crippen LogP) is 1.73. The first-order chi connectivity index (χ1) is 10.1. The van der Waals surface area contributed by atoms with Gasteiger partial charge < -0.3 is 15.2 Å². The third-order valence-corrected chi connectivity index (χ3v) is 2.82. The second-order valence-electron chi connectivity index (χ2n) is 4.24. The van der Waals surface area contributed by atoms with E-state index >= 15 is 0 Å². The lowest BCUT2D eigenvalue weighted by Gasteiger charge is -2.08. The molecule has 0 aliphatic rings. The van der Waals surface area contributed by atoms with Crippen LogP contribution in [0, 0.1) is 6.92 Å². The summed E-state index contributed by atoms with van der Waals surface area (Å²) in [6.07, 6.45) is 1.62. The molecule has 0 spiro atoms. The van der Waals surface area contributed by atoms with Crippen LogP contribution in [0.4, 0.5) is 5.82 Å². The summed E-state index contributed by atoms with van der Waals surface area (Å²) in [6.45, 7) is 6.20. The second kappa shape index (κ2) is 6.25. The van der Waals surface area contributed by atoms with Gasteiger partial charge in [-0.3, -0.25) is 4.57 Å². The fourth-order valence-corrected chi connectivity index (χ4v) is 1.96. The predicted molar refractivity (Wildman–Crippen MR) is 77.6 cm³/mol. The molecule has 7 heteroatoms. The highest BCUT2D eigenvalue weighted by Crippen LogP contribution is 2.21. The quantitative estimate of drug-likeness (QED) is 0.843. The summed E-state index contributed by atoms with van der Waals surface area (Å²) in [5.41, 5.74) is 6.82. The zero-order valence-electron chi connectivity index (χ0n) is 12.3. The Morgan fingerprint density at radius 2 is 2.10 bits per heavy atom. The van der Waals surface area contributed by atoms with Gasteiger partial charge in [-0.25, -0.2) is 14.8 Å². The number of hydrogen-bond donors (Lipinski definition) is 1. The van der Waals surface area contributed by atoms with E-state index in [4.69, 9.17) is 15.2 Å². The van der Waals surface area contributed by atoms with E-state index in [1.807, 2.05) is 6.92 Å². The number of aromatic nitrogens is 3. The molecule has 0 fully saturated rings. The monoisotopic (exact) mass is 290 g/mol. The molecule has 0 saturated heterocycles. The molecule has 2 aromatic rings. The van der Waals surface area contributed by atoms with Crippen molar-refractivity contribution in [2.75, 3.05) is 18.9 Å². The molecule has 2 heterocycles. The van der Waals surface area contributed by atoms with Crippen molar-refractivity contribution in [1.82, 2.24) is 14.5 Å². The number of imidazole rings is 1. The van der Waals surface area contributed by atoms with Crippen molar-refractivity contribution in [3.63, 3.8) is 0 Å². The van der Waals surface area contributed by atoms with Crippen LogP contribution in [0.2, 0.25) is 0 Å². The summed E-state index contributed by atoms with van der Waals surface area (Å²) >= 11 is 0. The molecule has 0 unspecified atom stereocenters. The standard InChI is InChI=1S/C14H18N4O3/c1-4-20-11-7-6-10(8-16-11)18-9(3)17-12(13(18)15)14(19)21-5-2/h6-8H,4-5,15H2,1-3H3. The first kappa shape index (κ1) is 14.8. The Balaban J connectivity index is 2.37. The Bertz CT molecular complexity index is 634. The summed E-state index contributed by atoms with van der Waals surface area (Å²) in [5, 5.41) is 0. The van der Waals surface area contributed by atoms with Crippen LogP contribution in [0.15, 0.2) is 18.3 Å². The van der Waals surface area contributed by atoms with Crippen LogP contribution in [-0.4, -0.2) is 33.7 Å². The summed E-state index contributed by atoms with van der Waals surface area (Å²) in [5.74, 6) is 0.817. The number of nitrogens with two attached hydrogens (primary N) is 1. The van der Waals surface area contributed by atoms with Crippen molar-refractivity contribution < 1.29 is 14.3 Å². The molecule has 2 N–H and O–H groups in total. The third-order valence-electron chi connectivity index (χ3n) is 2.82. The van der Waals surface area contributed by atoms with E-state index < -0.39 is 5.97 Å². The normalized spacial score (nSPS) is 10.4. The minimum Gasteiger partial charge on any atom is -0.478 e. The number of nitrogen functional groups attached to an aromatic ring is 1. The number of anilines is 1. The van der Waals surface area contributed by atoms with Gasteiger partial charge in [0.25, 0.3) is 0 Å². The number of esters is 1. The average Bonchev–Trinajstić information content (AvgIpc) is 2.76. The zero-order valence-corrected chi connectivity index (χ0v) is 12.3. The Hall–Kier alpha value is -2.57. The van der Waals surface area contributed by atoms with Crippen molar-refractivity contribution in [3.05, 3.63) is 29.8 Å². The summed E-state index contributed by atoms with van der Waals surface area (Å²) in [4.78, 5) is 20.1. The van der Waals surface area contributed by atoms with Crippen molar-refractivity contribution in [3.8, 4) is 11.6 Å². The maximum Gasteiger partial charge on any atom is 0.360 e. The third kappa shape index (κ3) is 2.96. The van der Waals surface area contributed by atoms with Crippen LogP contribution in [-0.2, 0) is 4.74 Å². The molecule has 21 heavy (non-hydrogen) atoms. The van der Waals surface area contributed by atoms with Crippen molar-refractivity contribution >= 4 is 11.8 Å². The van der Waals surface area contributed by atoms with Crippen LogP contribution in [0.5, 0.6) is 5.88 Å². The number of ether oxygens (including phenoxy) is 2. The lowest BCUT2D eigenvalue weighted by atomic mass is 10.4. The van der Waals surface area contributed by atoms with Gasteiger partial charge in [0, 0.05) is 6.07 Å². The van der Waals surface area contributed by atoms with Gasteiger partial charge in [0.1, 0.15) is 11.6 Å². The van der Waals surface area contributed by atoms with Gasteiger partial charge in [0.05, 0.1) is 25.1 Å². The van der Waals surface area contributed by atoms with Crippen LogP contribution in [0.3, 0.4) is 0 Å². The molecule has 112 valence electrons. The first-order valence-electron chi connectivity index (χ1n) is 6.69. The van der Waals surface area contributed by atoms with E-state index in [1.165, 1.54) is 0 Å². The second-order valence-corrected chi connectivity index (χ2v) is 4.24. The van der Waals surface area contributed by atoms with E-state index in [0.717, 1.165) is 0 Å². The fourth-order valence-electron chi connectivity index (χ4n) is 1.96. The minimum absolute atomic E-state index is 0.114. The van der Waals surface area contributed by atoms with Gasteiger partial charge in [0.2, 0.25) is 5.88 Å². The van der Waals surface area contributed by atoms with E-state index in [0.29, 0.717) is 24.0 Å². The molecular weight excluding hydrogens is 272 g/mol. The molecule has 2 rings (SSSR count). The lowest BCUT2D eigenvalue weighted by Crippen LogP contribution is -2.09. The molecule has 0 atom stereocenters. The molecule has 7 nitrogen and oxygen atoms in total. The number of pyridine rings is 1. The number of rotatable bonds is 5. The summed E-state index contributed by atoms with van der Waals surface area (Å²) < 4.78 is 11.9. The van der Waals surface area contributed by atoms with Gasteiger partial charge >= 0.3 is 5.97 Å². The van der Waals surface area contributed by atoms with E-state index in [1.54, 1.807) is 36.7 Å². The Morgan fingerprint density at radius 3 is 2.67 bits per heavy atom. The van der Waals surface area contributed by atoms with Crippen LogP contribution in [0.1, 0.15) is 30.2 Å². The molecule has 0 radical (unpaired) electrons. The molecular formula is C14H18N4O3. The van der Waals surface area contributed by atoms with Crippen molar-refractivity contribution in [2.45, 2.75) is 20.8 Å².